The molecular weight excluding hydrogens is 354 g/mol. The Morgan fingerprint density at radius 1 is 1.18 bits per heavy atom. The van der Waals surface area contributed by atoms with Crippen LogP contribution in [0.25, 0.3) is 5.69 Å². The fraction of sp³-hybridized carbons (Fsp3) is 0.500. The van der Waals surface area contributed by atoms with E-state index in [0.717, 1.165) is 61.0 Å². The first-order valence-corrected chi connectivity index (χ1v) is 10.3. The van der Waals surface area contributed by atoms with E-state index in [0.29, 0.717) is 18.7 Å². The van der Waals surface area contributed by atoms with E-state index < -0.39 is 5.97 Å². The van der Waals surface area contributed by atoms with E-state index in [1.54, 1.807) is 0 Å². The van der Waals surface area contributed by atoms with Gasteiger partial charge in [0.1, 0.15) is 0 Å². The maximum absolute atomic E-state index is 13.4. The molecule has 1 aromatic carbocycles. The molecular formula is C22H27N3O3. The molecule has 6 nitrogen and oxygen atoms in total. The molecule has 1 aliphatic heterocycles. The highest BCUT2D eigenvalue weighted by molar-refractivity contribution is 5.94. The number of aliphatic carboxylic acids is 1. The number of para-hydroxylation sites is 1. The van der Waals surface area contributed by atoms with E-state index in [4.69, 9.17) is 10.2 Å². The number of aromatic nitrogens is 2. The standard InChI is InChI=1S/C22H27N3O3/c1-15-7-2-3-10-18(15)25-19-11-6-9-17(19)21(23-25)22(28)24-14-5-4-8-16(24)12-13-20(26)27/h2-3,7,10,16H,4-6,8-9,11-14H2,1H3,(H,26,27). The Balaban J connectivity index is 1.67. The van der Waals surface area contributed by atoms with E-state index in [2.05, 4.69) is 13.0 Å². The number of nitrogens with zero attached hydrogens (tertiary/aromatic N) is 3. The van der Waals surface area contributed by atoms with Crippen molar-refractivity contribution in [2.45, 2.75) is 64.3 Å². The molecule has 0 saturated carbocycles. The van der Waals surface area contributed by atoms with E-state index in [1.807, 2.05) is 27.8 Å². The molecule has 0 spiro atoms. The van der Waals surface area contributed by atoms with Gasteiger partial charge in [-0.25, -0.2) is 4.68 Å². The van der Waals surface area contributed by atoms with Crippen molar-refractivity contribution in [3.05, 3.63) is 46.8 Å². The first-order valence-electron chi connectivity index (χ1n) is 10.3. The minimum Gasteiger partial charge on any atom is -0.481 e. The van der Waals surface area contributed by atoms with Crippen molar-refractivity contribution in [3.8, 4) is 5.69 Å². The van der Waals surface area contributed by atoms with Crippen LogP contribution in [-0.4, -0.2) is 44.3 Å². The predicted octanol–water partition coefficient (Wildman–Crippen LogP) is 3.53. The molecule has 1 saturated heterocycles. The zero-order valence-electron chi connectivity index (χ0n) is 16.4. The number of benzene rings is 1. The molecule has 1 atom stereocenters. The van der Waals surface area contributed by atoms with Crippen LogP contribution in [0.2, 0.25) is 0 Å². The highest BCUT2D eigenvalue weighted by Gasteiger charge is 2.33. The number of likely N-dealkylation sites (tertiary alicyclic amines) is 1. The highest BCUT2D eigenvalue weighted by atomic mass is 16.4. The average molecular weight is 381 g/mol. The molecule has 148 valence electrons. The number of aryl methyl sites for hydroxylation is 1. The molecule has 1 fully saturated rings. The summed E-state index contributed by atoms with van der Waals surface area (Å²) < 4.78 is 1.96. The number of rotatable bonds is 5. The molecule has 1 aliphatic carbocycles. The monoisotopic (exact) mass is 381 g/mol. The van der Waals surface area contributed by atoms with Crippen molar-refractivity contribution >= 4 is 11.9 Å². The van der Waals surface area contributed by atoms with Gasteiger partial charge in [-0.15, -0.1) is 0 Å². The number of carbonyl (C=O) groups is 2. The summed E-state index contributed by atoms with van der Waals surface area (Å²) in [5.74, 6) is -0.830. The zero-order chi connectivity index (χ0) is 19.7. The van der Waals surface area contributed by atoms with Gasteiger partial charge in [-0.2, -0.15) is 5.10 Å². The molecule has 1 N–H and O–H groups in total. The van der Waals surface area contributed by atoms with Gasteiger partial charge < -0.3 is 10.0 Å². The second-order valence-electron chi connectivity index (χ2n) is 7.91. The minimum absolute atomic E-state index is 0.00184. The predicted molar refractivity (Wildman–Crippen MR) is 106 cm³/mol. The van der Waals surface area contributed by atoms with Crippen molar-refractivity contribution in [3.63, 3.8) is 0 Å². The van der Waals surface area contributed by atoms with Crippen LogP contribution in [0.4, 0.5) is 0 Å². The van der Waals surface area contributed by atoms with Gasteiger partial charge in [0.2, 0.25) is 0 Å². The number of carbonyl (C=O) groups excluding carboxylic acids is 1. The Hall–Kier alpha value is -2.63. The molecule has 2 aromatic rings. The SMILES string of the molecule is Cc1ccccc1-n1nc(C(=O)N2CCCCC2CCC(=O)O)c2c1CCC2. The summed E-state index contributed by atoms with van der Waals surface area (Å²) in [5.41, 5.74) is 4.96. The zero-order valence-corrected chi connectivity index (χ0v) is 16.4. The summed E-state index contributed by atoms with van der Waals surface area (Å²) in [6, 6.07) is 8.12. The summed E-state index contributed by atoms with van der Waals surface area (Å²) in [7, 11) is 0. The summed E-state index contributed by atoms with van der Waals surface area (Å²) >= 11 is 0. The van der Waals surface area contributed by atoms with Gasteiger partial charge in [-0.3, -0.25) is 9.59 Å². The lowest BCUT2D eigenvalue weighted by Gasteiger charge is -2.35. The largest absolute Gasteiger partial charge is 0.481 e. The van der Waals surface area contributed by atoms with Crippen molar-refractivity contribution in [1.29, 1.82) is 0 Å². The summed E-state index contributed by atoms with van der Waals surface area (Å²) in [4.78, 5) is 26.3. The van der Waals surface area contributed by atoms with Gasteiger partial charge in [0, 0.05) is 30.3 Å². The normalized spacial score (nSPS) is 18.9. The molecule has 1 aromatic heterocycles. The summed E-state index contributed by atoms with van der Waals surface area (Å²) in [6.45, 7) is 2.75. The Kier molecular flexibility index (Phi) is 5.20. The molecule has 1 unspecified atom stereocenters. The molecule has 0 radical (unpaired) electrons. The van der Waals surface area contributed by atoms with Crippen LogP contribution in [0.3, 0.4) is 0 Å². The van der Waals surface area contributed by atoms with Crippen molar-refractivity contribution in [2.24, 2.45) is 0 Å². The number of hydrogen-bond acceptors (Lipinski definition) is 3. The Morgan fingerprint density at radius 2 is 2.00 bits per heavy atom. The molecule has 28 heavy (non-hydrogen) atoms. The van der Waals surface area contributed by atoms with Crippen molar-refractivity contribution in [2.75, 3.05) is 6.54 Å². The number of piperidine rings is 1. The third-order valence-corrected chi connectivity index (χ3v) is 6.06. The number of hydrogen-bond donors (Lipinski definition) is 1. The lowest BCUT2D eigenvalue weighted by Crippen LogP contribution is -2.44. The second kappa shape index (κ2) is 7.78. The van der Waals surface area contributed by atoms with Gasteiger partial charge in [0.15, 0.2) is 5.69 Å². The second-order valence-corrected chi connectivity index (χ2v) is 7.91. The van der Waals surface area contributed by atoms with Crippen LogP contribution in [0.1, 0.15) is 65.8 Å². The van der Waals surface area contributed by atoms with E-state index >= 15 is 0 Å². The van der Waals surface area contributed by atoms with E-state index in [1.165, 1.54) is 0 Å². The van der Waals surface area contributed by atoms with Gasteiger partial charge in [0.25, 0.3) is 5.91 Å². The van der Waals surface area contributed by atoms with Crippen molar-refractivity contribution in [1.82, 2.24) is 14.7 Å². The van der Waals surface area contributed by atoms with Crippen LogP contribution in [0.15, 0.2) is 24.3 Å². The number of fused-ring (bicyclic) bond motifs is 1. The maximum Gasteiger partial charge on any atom is 0.303 e. The third kappa shape index (κ3) is 3.43. The molecule has 2 aliphatic rings. The lowest BCUT2D eigenvalue weighted by molar-refractivity contribution is -0.137. The fourth-order valence-corrected chi connectivity index (χ4v) is 4.60. The van der Waals surface area contributed by atoms with Gasteiger partial charge in [-0.1, -0.05) is 18.2 Å². The smallest absolute Gasteiger partial charge is 0.303 e. The van der Waals surface area contributed by atoms with Gasteiger partial charge in [0.05, 0.1) is 5.69 Å². The van der Waals surface area contributed by atoms with Crippen LogP contribution in [0, 0.1) is 6.92 Å². The van der Waals surface area contributed by atoms with E-state index in [9.17, 15) is 9.59 Å². The number of amides is 1. The van der Waals surface area contributed by atoms with Gasteiger partial charge in [-0.05, 0) is 63.5 Å². The van der Waals surface area contributed by atoms with Crippen LogP contribution in [0.5, 0.6) is 0 Å². The Morgan fingerprint density at radius 3 is 2.79 bits per heavy atom. The molecule has 6 heteroatoms. The minimum atomic E-state index is -0.803. The Bertz CT molecular complexity index is 902. The topological polar surface area (TPSA) is 75.4 Å². The average Bonchev–Trinajstić information content (AvgIpc) is 3.29. The quantitative estimate of drug-likeness (QED) is 0.860. The molecule has 4 rings (SSSR count). The molecule has 2 heterocycles. The molecule has 0 bridgehead atoms. The third-order valence-electron chi connectivity index (χ3n) is 6.06. The number of carboxylic acids is 1. The first-order chi connectivity index (χ1) is 13.6. The van der Waals surface area contributed by atoms with E-state index in [-0.39, 0.29) is 18.4 Å². The Labute approximate surface area is 165 Å². The highest BCUT2D eigenvalue weighted by Crippen LogP contribution is 2.31. The first kappa shape index (κ1) is 18.7. The number of carboxylic acid groups (broad SMARTS) is 1. The summed E-state index contributed by atoms with van der Waals surface area (Å²) in [5, 5.41) is 13.8. The van der Waals surface area contributed by atoms with Crippen LogP contribution in [-0.2, 0) is 17.6 Å². The maximum atomic E-state index is 13.4. The van der Waals surface area contributed by atoms with Crippen LogP contribution >= 0.6 is 0 Å². The van der Waals surface area contributed by atoms with Crippen LogP contribution < -0.4 is 0 Å². The lowest BCUT2D eigenvalue weighted by atomic mass is 9.97. The van der Waals surface area contributed by atoms with Gasteiger partial charge >= 0.3 is 5.97 Å². The fourth-order valence-electron chi connectivity index (χ4n) is 4.60. The summed E-state index contributed by atoms with van der Waals surface area (Å²) in [6.07, 6.45) is 6.37. The molecule has 1 amide bonds. The van der Waals surface area contributed by atoms with Crippen molar-refractivity contribution < 1.29 is 14.7 Å².